The zero-order chi connectivity index (χ0) is 13.9. The van der Waals surface area contributed by atoms with Gasteiger partial charge in [-0.1, -0.05) is 46.0 Å². The van der Waals surface area contributed by atoms with Crippen LogP contribution in [0.15, 0.2) is 0 Å². The number of rotatable bonds is 4. The van der Waals surface area contributed by atoms with Gasteiger partial charge in [0.2, 0.25) is 10.0 Å². The molecule has 0 aliphatic heterocycles. The van der Waals surface area contributed by atoms with Crippen LogP contribution in [0.5, 0.6) is 0 Å². The number of hydrogen-bond acceptors (Lipinski definition) is 2. The lowest BCUT2D eigenvalue weighted by Gasteiger charge is -2.34. The summed E-state index contributed by atoms with van der Waals surface area (Å²) in [7, 11) is -3.09. The highest BCUT2D eigenvalue weighted by atomic mass is 32.2. The Labute approximate surface area is 118 Å². The van der Waals surface area contributed by atoms with Crippen molar-refractivity contribution in [1.82, 2.24) is 4.72 Å². The van der Waals surface area contributed by atoms with Crippen LogP contribution in [-0.4, -0.2) is 20.2 Å². The van der Waals surface area contributed by atoms with Gasteiger partial charge in [-0.3, -0.25) is 0 Å². The Hall–Kier alpha value is -0.0900. The topological polar surface area (TPSA) is 46.2 Å². The van der Waals surface area contributed by atoms with Crippen LogP contribution in [-0.2, 0) is 10.0 Å². The Kier molecular flexibility index (Phi) is 5.29. The maximum Gasteiger partial charge on any atom is 0.212 e. The van der Waals surface area contributed by atoms with Crippen LogP contribution in [0.1, 0.15) is 65.2 Å². The van der Waals surface area contributed by atoms with Crippen molar-refractivity contribution in [3.63, 3.8) is 0 Å². The lowest BCUT2D eigenvalue weighted by molar-refractivity contribution is 0.226. The molecule has 1 N–H and O–H groups in total. The molecule has 0 unspecified atom stereocenters. The molecule has 2 rings (SSSR count). The standard InChI is InChI=1S/C15H29NO2S/c1-12-7-6-10-15(13(12)2)16-19(17,18)11-14-8-4-3-5-9-14/h12-16H,3-11H2,1-2H3/t12-,13+,15-/m1/s1. The average molecular weight is 287 g/mol. The molecule has 112 valence electrons. The fourth-order valence-corrected chi connectivity index (χ4v) is 5.54. The van der Waals surface area contributed by atoms with E-state index < -0.39 is 10.0 Å². The van der Waals surface area contributed by atoms with Gasteiger partial charge in [0.1, 0.15) is 0 Å². The molecule has 0 saturated heterocycles. The van der Waals surface area contributed by atoms with Crippen molar-refractivity contribution in [1.29, 1.82) is 0 Å². The van der Waals surface area contributed by atoms with Crippen molar-refractivity contribution < 1.29 is 8.42 Å². The molecule has 4 heteroatoms. The summed E-state index contributed by atoms with van der Waals surface area (Å²) >= 11 is 0. The Morgan fingerprint density at radius 2 is 1.63 bits per heavy atom. The molecule has 0 heterocycles. The second-order valence-corrected chi connectivity index (χ2v) is 8.58. The average Bonchev–Trinajstić information content (AvgIpc) is 2.35. The fraction of sp³-hybridized carbons (Fsp3) is 1.00. The molecule has 2 aliphatic carbocycles. The highest BCUT2D eigenvalue weighted by molar-refractivity contribution is 7.89. The van der Waals surface area contributed by atoms with Crippen molar-refractivity contribution in [3.8, 4) is 0 Å². The molecular weight excluding hydrogens is 258 g/mol. The van der Waals surface area contributed by atoms with Crippen molar-refractivity contribution in [2.75, 3.05) is 5.75 Å². The van der Waals surface area contributed by atoms with E-state index >= 15 is 0 Å². The zero-order valence-corrected chi connectivity index (χ0v) is 13.2. The van der Waals surface area contributed by atoms with Crippen LogP contribution in [0, 0.1) is 17.8 Å². The molecule has 19 heavy (non-hydrogen) atoms. The van der Waals surface area contributed by atoms with Crippen LogP contribution in [0.3, 0.4) is 0 Å². The summed E-state index contributed by atoms with van der Waals surface area (Å²) in [6.45, 7) is 4.43. The molecule has 0 aromatic rings. The van der Waals surface area contributed by atoms with Gasteiger partial charge >= 0.3 is 0 Å². The summed E-state index contributed by atoms with van der Waals surface area (Å²) in [6.07, 6.45) is 9.28. The second-order valence-electron chi connectivity index (χ2n) is 6.78. The van der Waals surface area contributed by atoms with Crippen LogP contribution < -0.4 is 4.72 Å². The lowest BCUT2D eigenvalue weighted by atomic mass is 9.78. The maximum atomic E-state index is 12.3. The first-order chi connectivity index (χ1) is 8.98. The van der Waals surface area contributed by atoms with E-state index in [1.54, 1.807) is 0 Å². The maximum absolute atomic E-state index is 12.3. The molecule has 3 nitrogen and oxygen atoms in total. The summed E-state index contributed by atoms with van der Waals surface area (Å²) in [5.74, 6) is 1.85. The molecular formula is C15H29NO2S. The summed E-state index contributed by atoms with van der Waals surface area (Å²) in [6, 6.07) is 0.164. The summed E-state index contributed by atoms with van der Waals surface area (Å²) in [5.41, 5.74) is 0. The van der Waals surface area contributed by atoms with E-state index in [0.717, 1.165) is 25.7 Å². The van der Waals surface area contributed by atoms with E-state index in [9.17, 15) is 8.42 Å². The first-order valence-electron chi connectivity index (χ1n) is 7.98. The monoisotopic (exact) mass is 287 g/mol. The Morgan fingerprint density at radius 1 is 0.947 bits per heavy atom. The molecule has 0 aromatic carbocycles. The van der Waals surface area contributed by atoms with Crippen molar-refractivity contribution in [3.05, 3.63) is 0 Å². The zero-order valence-electron chi connectivity index (χ0n) is 12.4. The van der Waals surface area contributed by atoms with Gasteiger partial charge in [-0.25, -0.2) is 13.1 Å². The smallest absolute Gasteiger partial charge is 0.212 e. The van der Waals surface area contributed by atoms with Gasteiger partial charge in [0, 0.05) is 6.04 Å². The fourth-order valence-electron chi connectivity index (χ4n) is 3.69. The van der Waals surface area contributed by atoms with Crippen LogP contribution in [0.2, 0.25) is 0 Å². The Balaban J connectivity index is 1.88. The molecule has 3 atom stereocenters. The number of nitrogens with one attached hydrogen (secondary N) is 1. The molecule has 0 bridgehead atoms. The second kappa shape index (κ2) is 6.57. The minimum Gasteiger partial charge on any atom is -0.212 e. The summed E-state index contributed by atoms with van der Waals surface area (Å²) in [5, 5.41) is 0. The summed E-state index contributed by atoms with van der Waals surface area (Å²) < 4.78 is 27.6. The lowest BCUT2D eigenvalue weighted by Crippen LogP contribution is -2.45. The molecule has 2 aliphatic rings. The largest absolute Gasteiger partial charge is 0.212 e. The van der Waals surface area contributed by atoms with Crippen molar-refractivity contribution in [2.45, 2.75) is 71.3 Å². The Bertz CT molecular complexity index is 374. The third kappa shape index (κ3) is 4.45. The van der Waals surface area contributed by atoms with E-state index in [1.165, 1.54) is 25.7 Å². The minimum atomic E-state index is -3.09. The van der Waals surface area contributed by atoms with E-state index in [-0.39, 0.29) is 6.04 Å². The van der Waals surface area contributed by atoms with Gasteiger partial charge < -0.3 is 0 Å². The molecule has 2 fully saturated rings. The van der Waals surface area contributed by atoms with Gasteiger partial charge in [-0.2, -0.15) is 0 Å². The predicted molar refractivity (Wildman–Crippen MR) is 79.5 cm³/mol. The van der Waals surface area contributed by atoms with Gasteiger partial charge in [0.25, 0.3) is 0 Å². The van der Waals surface area contributed by atoms with E-state index in [0.29, 0.717) is 23.5 Å². The van der Waals surface area contributed by atoms with Crippen LogP contribution in [0.4, 0.5) is 0 Å². The van der Waals surface area contributed by atoms with Crippen LogP contribution in [0.25, 0.3) is 0 Å². The van der Waals surface area contributed by atoms with Gasteiger partial charge in [0.05, 0.1) is 5.75 Å². The number of sulfonamides is 1. The Morgan fingerprint density at radius 3 is 2.32 bits per heavy atom. The van der Waals surface area contributed by atoms with Gasteiger partial charge in [-0.15, -0.1) is 0 Å². The van der Waals surface area contributed by atoms with Crippen LogP contribution >= 0.6 is 0 Å². The molecule has 2 saturated carbocycles. The van der Waals surface area contributed by atoms with E-state index in [4.69, 9.17) is 0 Å². The SMILES string of the molecule is C[C@H]1[C@H](C)CCC[C@H]1NS(=O)(=O)CC1CCCCC1. The van der Waals surface area contributed by atoms with Crippen molar-refractivity contribution in [2.24, 2.45) is 17.8 Å². The van der Waals surface area contributed by atoms with Gasteiger partial charge in [-0.05, 0) is 37.0 Å². The van der Waals surface area contributed by atoms with E-state index in [1.807, 2.05) is 0 Å². The third-order valence-corrected chi connectivity index (χ3v) is 6.79. The minimum absolute atomic E-state index is 0.164. The molecule has 0 spiro atoms. The first-order valence-corrected chi connectivity index (χ1v) is 9.63. The molecule has 0 radical (unpaired) electrons. The highest BCUT2D eigenvalue weighted by Gasteiger charge is 2.31. The number of hydrogen-bond donors (Lipinski definition) is 1. The first kappa shape index (κ1) is 15.3. The normalized spacial score (nSPS) is 34.3. The third-order valence-electron chi connectivity index (χ3n) is 5.22. The van der Waals surface area contributed by atoms with E-state index in [2.05, 4.69) is 18.6 Å². The van der Waals surface area contributed by atoms with Gasteiger partial charge in [0.15, 0.2) is 0 Å². The quantitative estimate of drug-likeness (QED) is 0.862. The molecule has 0 aromatic heterocycles. The predicted octanol–water partition coefficient (Wildman–Crippen LogP) is 3.31. The summed E-state index contributed by atoms with van der Waals surface area (Å²) in [4.78, 5) is 0. The van der Waals surface area contributed by atoms with Crippen molar-refractivity contribution >= 4 is 10.0 Å². The highest BCUT2D eigenvalue weighted by Crippen LogP contribution is 2.30. The molecule has 0 amide bonds.